The highest BCUT2D eigenvalue weighted by atomic mass is 16.3. The molecule has 25 heavy (non-hydrogen) atoms. The zero-order chi connectivity index (χ0) is 17.6. The highest BCUT2D eigenvalue weighted by Gasteiger charge is 2.30. The number of hydrogen-bond donors (Lipinski definition) is 1. The molecular formula is C21H32N2O2. The number of nitrogens with zero attached hydrogens (tertiary/aromatic N) is 2. The van der Waals surface area contributed by atoms with Gasteiger partial charge < -0.3 is 14.9 Å². The van der Waals surface area contributed by atoms with Crippen molar-refractivity contribution in [2.24, 2.45) is 5.92 Å². The van der Waals surface area contributed by atoms with E-state index in [0.29, 0.717) is 12.0 Å². The molecule has 2 fully saturated rings. The summed E-state index contributed by atoms with van der Waals surface area (Å²) in [5.41, 5.74) is 1.32. The summed E-state index contributed by atoms with van der Waals surface area (Å²) in [7, 11) is 0. The molecule has 0 aromatic heterocycles. The maximum atomic E-state index is 11.4. The lowest BCUT2D eigenvalue weighted by molar-refractivity contribution is -0.130. The Morgan fingerprint density at radius 1 is 1.08 bits per heavy atom. The van der Waals surface area contributed by atoms with Crippen LogP contribution in [0.5, 0.6) is 0 Å². The van der Waals surface area contributed by atoms with Crippen molar-refractivity contribution in [3.8, 4) is 0 Å². The van der Waals surface area contributed by atoms with Gasteiger partial charge in [0.25, 0.3) is 0 Å². The van der Waals surface area contributed by atoms with E-state index in [-0.39, 0.29) is 12.0 Å². The Labute approximate surface area is 151 Å². The molecule has 138 valence electrons. The second-order valence-corrected chi connectivity index (χ2v) is 7.70. The predicted molar refractivity (Wildman–Crippen MR) is 100 cm³/mol. The molecule has 2 aliphatic rings. The number of hydrogen-bond acceptors (Lipinski definition) is 3. The minimum Gasteiger partial charge on any atom is -0.393 e. The maximum absolute atomic E-state index is 11.4. The maximum Gasteiger partial charge on any atom is 0.219 e. The summed E-state index contributed by atoms with van der Waals surface area (Å²) in [6.07, 6.45) is 6.05. The normalized spacial score (nSPS) is 22.1. The fraction of sp³-hybridized carbons (Fsp3) is 0.667. The van der Waals surface area contributed by atoms with Crippen molar-refractivity contribution in [3.63, 3.8) is 0 Å². The number of likely N-dealkylation sites (tertiary alicyclic amines) is 2. The highest BCUT2D eigenvalue weighted by Crippen LogP contribution is 2.27. The van der Waals surface area contributed by atoms with Gasteiger partial charge in [0.2, 0.25) is 5.91 Å². The van der Waals surface area contributed by atoms with Crippen molar-refractivity contribution in [2.45, 2.75) is 57.6 Å². The van der Waals surface area contributed by atoms with Crippen molar-refractivity contribution < 1.29 is 9.90 Å². The molecule has 2 aliphatic heterocycles. The Bertz CT molecular complexity index is 532. The van der Waals surface area contributed by atoms with Gasteiger partial charge in [0.05, 0.1) is 6.10 Å². The number of amides is 1. The van der Waals surface area contributed by atoms with Gasteiger partial charge >= 0.3 is 0 Å². The summed E-state index contributed by atoms with van der Waals surface area (Å²) >= 11 is 0. The average molecular weight is 344 g/mol. The van der Waals surface area contributed by atoms with Crippen LogP contribution in [0.4, 0.5) is 0 Å². The molecule has 2 heterocycles. The van der Waals surface area contributed by atoms with Crippen molar-refractivity contribution in [1.29, 1.82) is 0 Å². The van der Waals surface area contributed by atoms with Crippen molar-refractivity contribution in [3.05, 3.63) is 35.9 Å². The summed E-state index contributed by atoms with van der Waals surface area (Å²) in [6.45, 7) is 5.66. The van der Waals surface area contributed by atoms with Crippen molar-refractivity contribution in [1.82, 2.24) is 9.80 Å². The largest absolute Gasteiger partial charge is 0.393 e. The Kier molecular flexibility index (Phi) is 6.49. The second kappa shape index (κ2) is 8.81. The molecule has 0 spiro atoms. The average Bonchev–Trinajstić information content (AvgIpc) is 2.67. The second-order valence-electron chi connectivity index (χ2n) is 7.70. The molecule has 0 radical (unpaired) electrons. The summed E-state index contributed by atoms with van der Waals surface area (Å²) < 4.78 is 0. The van der Waals surface area contributed by atoms with Gasteiger partial charge in [-0.1, -0.05) is 30.3 Å². The van der Waals surface area contributed by atoms with E-state index in [2.05, 4.69) is 29.2 Å². The van der Waals surface area contributed by atoms with Gasteiger partial charge in [-0.25, -0.2) is 0 Å². The van der Waals surface area contributed by atoms with Gasteiger partial charge in [-0.05, 0) is 63.1 Å². The van der Waals surface area contributed by atoms with Crippen LogP contribution in [0.25, 0.3) is 0 Å². The molecule has 4 heteroatoms. The van der Waals surface area contributed by atoms with Crippen LogP contribution < -0.4 is 0 Å². The molecule has 0 aliphatic carbocycles. The van der Waals surface area contributed by atoms with E-state index in [1.165, 1.54) is 5.56 Å². The first kappa shape index (κ1) is 18.4. The SMILES string of the molecule is CC(=O)N1CCC(N2CCC([C@@H](O)CCc3ccccc3)CC2)CC1. The fourth-order valence-electron chi connectivity index (χ4n) is 4.41. The number of carbonyl (C=O) groups excluding carboxylic acids is 1. The van der Waals surface area contributed by atoms with Gasteiger partial charge in [-0.2, -0.15) is 0 Å². The van der Waals surface area contributed by atoms with Crippen LogP contribution in [0.15, 0.2) is 30.3 Å². The van der Waals surface area contributed by atoms with E-state index in [0.717, 1.165) is 64.7 Å². The third-order valence-electron chi connectivity index (χ3n) is 6.12. The number of aliphatic hydroxyl groups excluding tert-OH is 1. The summed E-state index contributed by atoms with van der Waals surface area (Å²) in [4.78, 5) is 16.0. The number of benzene rings is 1. The number of aryl methyl sites for hydroxylation is 1. The van der Waals surface area contributed by atoms with E-state index < -0.39 is 0 Å². The first-order valence-corrected chi connectivity index (χ1v) is 9.85. The van der Waals surface area contributed by atoms with Crippen LogP contribution in [0.2, 0.25) is 0 Å². The Balaban J connectivity index is 1.39. The van der Waals surface area contributed by atoms with Gasteiger partial charge in [0, 0.05) is 26.1 Å². The lowest BCUT2D eigenvalue weighted by Gasteiger charge is -2.42. The van der Waals surface area contributed by atoms with E-state index in [1.807, 2.05) is 11.0 Å². The van der Waals surface area contributed by atoms with Gasteiger partial charge in [-0.3, -0.25) is 4.79 Å². The Hall–Kier alpha value is -1.39. The van der Waals surface area contributed by atoms with E-state index in [4.69, 9.17) is 0 Å². The summed E-state index contributed by atoms with van der Waals surface area (Å²) in [5, 5.41) is 10.6. The zero-order valence-corrected chi connectivity index (χ0v) is 15.4. The molecule has 1 aromatic carbocycles. The molecular weight excluding hydrogens is 312 g/mol. The summed E-state index contributed by atoms with van der Waals surface area (Å²) in [6, 6.07) is 11.1. The molecule has 1 N–H and O–H groups in total. The topological polar surface area (TPSA) is 43.8 Å². The van der Waals surface area contributed by atoms with Crippen molar-refractivity contribution in [2.75, 3.05) is 26.2 Å². The quantitative estimate of drug-likeness (QED) is 0.893. The van der Waals surface area contributed by atoms with E-state index in [9.17, 15) is 9.90 Å². The van der Waals surface area contributed by atoms with Gasteiger partial charge in [0.1, 0.15) is 0 Å². The van der Waals surface area contributed by atoms with Crippen LogP contribution >= 0.6 is 0 Å². The molecule has 1 amide bonds. The first-order valence-electron chi connectivity index (χ1n) is 9.85. The number of aliphatic hydroxyl groups is 1. The molecule has 1 aromatic rings. The summed E-state index contributed by atoms with van der Waals surface area (Å²) in [5.74, 6) is 0.649. The standard InChI is InChI=1S/C21H32N2O2/c1-17(24)22-15-11-20(12-16-22)23-13-9-19(10-14-23)21(25)8-7-18-5-3-2-4-6-18/h2-6,19-21,25H,7-16H2,1H3/t21-/m0/s1. The molecule has 0 bridgehead atoms. The van der Waals surface area contributed by atoms with E-state index in [1.54, 1.807) is 6.92 Å². The minimum absolute atomic E-state index is 0.179. The van der Waals surface area contributed by atoms with Crippen LogP contribution in [-0.4, -0.2) is 59.1 Å². The van der Waals surface area contributed by atoms with E-state index >= 15 is 0 Å². The van der Waals surface area contributed by atoms with Crippen LogP contribution in [0, 0.1) is 5.92 Å². The van der Waals surface area contributed by atoms with Gasteiger partial charge in [0.15, 0.2) is 0 Å². The fourth-order valence-corrected chi connectivity index (χ4v) is 4.41. The molecule has 1 atom stereocenters. The Morgan fingerprint density at radius 2 is 1.72 bits per heavy atom. The molecule has 4 nitrogen and oxygen atoms in total. The molecule has 2 saturated heterocycles. The third-order valence-corrected chi connectivity index (χ3v) is 6.12. The third kappa shape index (κ3) is 5.05. The zero-order valence-electron chi connectivity index (χ0n) is 15.4. The van der Waals surface area contributed by atoms with Crippen molar-refractivity contribution >= 4 is 5.91 Å². The first-order chi connectivity index (χ1) is 12.1. The monoisotopic (exact) mass is 344 g/mol. The minimum atomic E-state index is -0.179. The lowest BCUT2D eigenvalue weighted by atomic mass is 9.87. The smallest absolute Gasteiger partial charge is 0.219 e. The number of rotatable bonds is 5. The molecule has 0 unspecified atom stereocenters. The van der Waals surface area contributed by atoms with Crippen LogP contribution in [-0.2, 0) is 11.2 Å². The molecule has 3 rings (SSSR count). The van der Waals surface area contributed by atoms with Crippen LogP contribution in [0.3, 0.4) is 0 Å². The van der Waals surface area contributed by atoms with Gasteiger partial charge in [-0.15, -0.1) is 0 Å². The lowest BCUT2D eigenvalue weighted by Crippen LogP contribution is -2.49. The number of carbonyl (C=O) groups is 1. The Morgan fingerprint density at radius 3 is 2.32 bits per heavy atom. The van der Waals surface area contributed by atoms with Crippen LogP contribution in [0.1, 0.15) is 44.6 Å². The highest BCUT2D eigenvalue weighted by molar-refractivity contribution is 5.73. The predicted octanol–water partition coefficient (Wildman–Crippen LogP) is 2.70. The number of piperidine rings is 2. The molecule has 0 saturated carbocycles.